The molecule has 0 aromatic heterocycles. The van der Waals surface area contributed by atoms with Crippen molar-refractivity contribution in [2.45, 2.75) is 80.4 Å². The number of nitrogens with zero attached hydrogens (tertiary/aromatic N) is 3. The van der Waals surface area contributed by atoms with E-state index in [0.717, 1.165) is 47.7 Å². The SMILES string of the molecule is CCN1Cc2ccccc2C(C2CCCC2)(C2CCN(CC3CN(c4ccc(SC5CC5)cc4Cl)C3)CC2)C1. The smallest absolute Gasteiger partial charge is 0.0650 e. The van der Waals surface area contributed by atoms with Crippen molar-refractivity contribution in [2.24, 2.45) is 17.8 Å². The third kappa shape index (κ3) is 5.29. The molecular weight excluding hydrogens is 518 g/mol. The van der Waals surface area contributed by atoms with E-state index in [2.05, 4.69) is 64.1 Å². The zero-order valence-corrected chi connectivity index (χ0v) is 25.4. The molecule has 7 rings (SSSR count). The third-order valence-corrected chi connectivity index (χ3v) is 12.4. The second kappa shape index (κ2) is 11.2. The van der Waals surface area contributed by atoms with Crippen LogP contribution in [0.3, 0.4) is 0 Å². The van der Waals surface area contributed by atoms with Gasteiger partial charge in [0.1, 0.15) is 0 Å². The first kappa shape index (κ1) is 26.7. The Morgan fingerprint density at radius 2 is 1.64 bits per heavy atom. The summed E-state index contributed by atoms with van der Waals surface area (Å²) in [6, 6.07) is 16.3. The number of halogens is 1. The van der Waals surface area contributed by atoms with Gasteiger partial charge in [-0.25, -0.2) is 0 Å². The lowest BCUT2D eigenvalue weighted by molar-refractivity contribution is 0.0359. The second-order valence-electron chi connectivity index (χ2n) is 13.3. The fraction of sp³-hybridized carbons (Fsp3) is 0.647. The highest BCUT2D eigenvalue weighted by Gasteiger charge is 2.51. The summed E-state index contributed by atoms with van der Waals surface area (Å²) in [7, 11) is 0. The molecule has 5 heteroatoms. The Hall–Kier alpha value is -1.20. The van der Waals surface area contributed by atoms with Gasteiger partial charge >= 0.3 is 0 Å². The Morgan fingerprint density at radius 3 is 2.36 bits per heavy atom. The Morgan fingerprint density at radius 1 is 0.897 bits per heavy atom. The molecule has 2 aliphatic carbocycles. The third-order valence-electron chi connectivity index (χ3n) is 10.8. The van der Waals surface area contributed by atoms with Crippen LogP contribution in [0.15, 0.2) is 47.4 Å². The lowest BCUT2D eigenvalue weighted by Gasteiger charge is -2.54. The van der Waals surface area contributed by atoms with Crippen LogP contribution in [-0.4, -0.2) is 60.9 Å². The maximum absolute atomic E-state index is 6.72. The van der Waals surface area contributed by atoms with E-state index in [1.54, 1.807) is 11.1 Å². The molecule has 2 aromatic rings. The minimum absolute atomic E-state index is 0.363. The maximum Gasteiger partial charge on any atom is 0.0650 e. The van der Waals surface area contributed by atoms with Crippen LogP contribution in [0.25, 0.3) is 0 Å². The fourth-order valence-electron chi connectivity index (χ4n) is 8.63. The van der Waals surface area contributed by atoms with E-state index in [4.69, 9.17) is 11.6 Å². The van der Waals surface area contributed by atoms with Crippen molar-refractivity contribution in [1.29, 1.82) is 0 Å². The average Bonchev–Trinajstić information content (AvgIpc) is 3.58. The highest BCUT2D eigenvalue weighted by Crippen LogP contribution is 2.53. The number of likely N-dealkylation sites (tertiary alicyclic amines) is 1. The van der Waals surface area contributed by atoms with Crippen molar-refractivity contribution < 1.29 is 0 Å². The lowest BCUT2D eigenvalue weighted by Crippen LogP contribution is -2.57. The van der Waals surface area contributed by atoms with E-state index in [-0.39, 0.29) is 0 Å². The van der Waals surface area contributed by atoms with Crippen LogP contribution < -0.4 is 4.90 Å². The van der Waals surface area contributed by atoms with Crippen molar-refractivity contribution in [3.63, 3.8) is 0 Å². The number of hydrogen-bond acceptors (Lipinski definition) is 4. The maximum atomic E-state index is 6.72. The summed E-state index contributed by atoms with van der Waals surface area (Å²) in [5, 5.41) is 1.77. The van der Waals surface area contributed by atoms with Gasteiger partial charge in [-0.3, -0.25) is 4.90 Å². The van der Waals surface area contributed by atoms with Crippen LogP contribution in [0.2, 0.25) is 5.02 Å². The highest BCUT2D eigenvalue weighted by molar-refractivity contribution is 8.00. The molecule has 3 aliphatic heterocycles. The largest absolute Gasteiger partial charge is 0.370 e. The zero-order valence-electron chi connectivity index (χ0n) is 23.8. The first-order valence-corrected chi connectivity index (χ1v) is 17.1. The number of benzene rings is 2. The Balaban J connectivity index is 0.986. The summed E-state index contributed by atoms with van der Waals surface area (Å²) in [4.78, 5) is 9.39. The van der Waals surface area contributed by atoms with Gasteiger partial charge in [0, 0.05) is 54.2 Å². The van der Waals surface area contributed by atoms with Crippen molar-refractivity contribution in [2.75, 3.05) is 50.7 Å². The number of likely N-dealkylation sites (N-methyl/N-ethyl adjacent to an activating group) is 1. The summed E-state index contributed by atoms with van der Waals surface area (Å²) in [6.45, 7) is 12.1. The molecule has 0 amide bonds. The summed E-state index contributed by atoms with van der Waals surface area (Å²) >= 11 is 8.72. The van der Waals surface area contributed by atoms with Gasteiger partial charge in [-0.15, -0.1) is 11.8 Å². The van der Waals surface area contributed by atoms with Crippen molar-refractivity contribution in [3.8, 4) is 0 Å². The second-order valence-corrected chi connectivity index (χ2v) is 15.0. The van der Waals surface area contributed by atoms with Crippen molar-refractivity contribution in [3.05, 3.63) is 58.6 Å². The molecule has 2 aromatic carbocycles. The number of thioether (sulfide) groups is 1. The van der Waals surface area contributed by atoms with Gasteiger partial charge in [-0.2, -0.15) is 0 Å². The molecule has 3 nitrogen and oxygen atoms in total. The van der Waals surface area contributed by atoms with Crippen molar-refractivity contribution in [1.82, 2.24) is 9.80 Å². The molecule has 1 atom stereocenters. The van der Waals surface area contributed by atoms with Crippen LogP contribution in [-0.2, 0) is 12.0 Å². The van der Waals surface area contributed by atoms with Gasteiger partial charge < -0.3 is 9.80 Å². The summed E-state index contributed by atoms with van der Waals surface area (Å²) in [5.74, 6) is 2.45. The Bertz CT molecular complexity index is 1150. The Kier molecular flexibility index (Phi) is 7.68. The van der Waals surface area contributed by atoms with Crippen LogP contribution in [0.5, 0.6) is 0 Å². The minimum atomic E-state index is 0.363. The van der Waals surface area contributed by atoms with E-state index in [1.807, 2.05) is 11.8 Å². The molecule has 0 N–H and O–H groups in total. The number of piperidine rings is 1. The lowest BCUT2D eigenvalue weighted by atomic mass is 9.57. The normalized spacial score (nSPS) is 27.6. The van der Waals surface area contributed by atoms with E-state index >= 15 is 0 Å². The van der Waals surface area contributed by atoms with Gasteiger partial charge in [0.05, 0.1) is 10.7 Å². The average molecular weight is 564 g/mol. The molecule has 0 radical (unpaired) electrons. The first-order valence-electron chi connectivity index (χ1n) is 15.9. The predicted molar refractivity (Wildman–Crippen MR) is 166 cm³/mol. The van der Waals surface area contributed by atoms with Gasteiger partial charge in [-0.1, -0.05) is 55.6 Å². The molecule has 3 heterocycles. The number of anilines is 1. The minimum Gasteiger partial charge on any atom is -0.370 e. The van der Waals surface area contributed by atoms with Gasteiger partial charge in [-0.05, 0) is 99.3 Å². The number of rotatable bonds is 8. The van der Waals surface area contributed by atoms with E-state index in [1.165, 1.54) is 94.7 Å². The molecule has 0 bridgehead atoms. The van der Waals surface area contributed by atoms with E-state index < -0.39 is 0 Å². The monoisotopic (exact) mass is 563 g/mol. The zero-order chi connectivity index (χ0) is 26.4. The summed E-state index contributed by atoms with van der Waals surface area (Å²) < 4.78 is 0. The van der Waals surface area contributed by atoms with Crippen LogP contribution >= 0.6 is 23.4 Å². The molecule has 210 valence electrons. The van der Waals surface area contributed by atoms with E-state index in [0.29, 0.717) is 5.41 Å². The van der Waals surface area contributed by atoms with Gasteiger partial charge in [0.2, 0.25) is 0 Å². The number of fused-ring (bicyclic) bond motifs is 1. The summed E-state index contributed by atoms with van der Waals surface area (Å²) in [6.07, 6.45) is 11.2. The Labute approximate surface area is 245 Å². The van der Waals surface area contributed by atoms with E-state index in [9.17, 15) is 0 Å². The van der Waals surface area contributed by atoms with Crippen LogP contribution in [0.1, 0.15) is 69.4 Å². The van der Waals surface area contributed by atoms with Gasteiger partial charge in [0.25, 0.3) is 0 Å². The highest BCUT2D eigenvalue weighted by atomic mass is 35.5. The standard InChI is InChI=1S/C34H46ClN3S/c1-2-36-23-26-7-3-6-10-31(26)34(24-36,27-8-4-5-9-27)28-15-17-37(18-16-28)20-25-21-38(22-25)33-14-13-30(19-32(33)35)39-29-11-12-29/h3,6-7,10,13-14,19,25,27-29H,2,4-5,8-9,11-12,15-18,20-24H2,1H3. The quantitative estimate of drug-likeness (QED) is 0.325. The molecule has 0 spiro atoms. The number of hydrogen-bond donors (Lipinski definition) is 0. The fourth-order valence-corrected chi connectivity index (χ4v) is 10.1. The molecule has 39 heavy (non-hydrogen) atoms. The molecule has 2 saturated heterocycles. The van der Waals surface area contributed by atoms with Crippen LogP contribution in [0, 0.1) is 17.8 Å². The van der Waals surface area contributed by atoms with Crippen LogP contribution in [0.4, 0.5) is 5.69 Å². The van der Waals surface area contributed by atoms with Gasteiger partial charge in [0.15, 0.2) is 0 Å². The molecule has 4 fully saturated rings. The molecule has 2 saturated carbocycles. The van der Waals surface area contributed by atoms with Crippen molar-refractivity contribution >= 4 is 29.1 Å². The topological polar surface area (TPSA) is 9.72 Å². The predicted octanol–water partition coefficient (Wildman–Crippen LogP) is 7.71. The molecule has 5 aliphatic rings. The molecule has 1 unspecified atom stereocenters. The first-order chi connectivity index (χ1) is 19.1. The summed E-state index contributed by atoms with van der Waals surface area (Å²) in [5.41, 5.74) is 4.95. The molecular formula is C34H46ClN3S.